The van der Waals surface area contributed by atoms with Crippen LogP contribution in [0.1, 0.15) is 15.9 Å². The molecule has 1 amide bonds. The largest absolute Gasteiger partial charge is 0.298 e. The molecule has 1 N–H and O–H groups in total. The summed E-state index contributed by atoms with van der Waals surface area (Å²) in [5.41, 5.74) is 3.60. The topological polar surface area (TPSA) is 42.0 Å². The van der Waals surface area contributed by atoms with Crippen LogP contribution in [0, 0.1) is 6.92 Å². The van der Waals surface area contributed by atoms with E-state index in [1.165, 1.54) is 16.9 Å². The van der Waals surface area contributed by atoms with Gasteiger partial charge in [0.05, 0.1) is 11.3 Å². The van der Waals surface area contributed by atoms with Gasteiger partial charge < -0.3 is 0 Å². The van der Waals surface area contributed by atoms with E-state index in [1.807, 2.05) is 42.6 Å². The highest BCUT2D eigenvalue weighted by molar-refractivity contribution is 9.10. The minimum Gasteiger partial charge on any atom is -0.298 e. The molecular formula is C17H13BrN2OS2. The van der Waals surface area contributed by atoms with Gasteiger partial charge in [0.25, 0.3) is 5.91 Å². The SMILES string of the molecule is Cc1ccc(-c2csc(NC(=O)c3cc(Br)ccc3S)n2)cc1. The van der Waals surface area contributed by atoms with Gasteiger partial charge in [0.2, 0.25) is 0 Å². The fraction of sp³-hybridized carbons (Fsp3) is 0.0588. The Morgan fingerprint density at radius 2 is 1.96 bits per heavy atom. The summed E-state index contributed by atoms with van der Waals surface area (Å²) in [4.78, 5) is 17.5. The number of anilines is 1. The van der Waals surface area contributed by atoms with Crippen LogP contribution in [0.4, 0.5) is 5.13 Å². The number of aromatic nitrogens is 1. The lowest BCUT2D eigenvalue weighted by atomic mass is 10.1. The summed E-state index contributed by atoms with van der Waals surface area (Å²) in [6.45, 7) is 2.05. The van der Waals surface area contributed by atoms with Gasteiger partial charge >= 0.3 is 0 Å². The molecule has 0 radical (unpaired) electrons. The molecule has 0 unspecified atom stereocenters. The molecule has 1 aromatic heterocycles. The number of aryl methyl sites for hydroxylation is 1. The molecule has 1 heterocycles. The van der Waals surface area contributed by atoms with E-state index in [-0.39, 0.29) is 5.91 Å². The van der Waals surface area contributed by atoms with Crippen LogP contribution >= 0.6 is 39.9 Å². The lowest BCUT2D eigenvalue weighted by molar-refractivity contribution is 0.102. The summed E-state index contributed by atoms with van der Waals surface area (Å²) < 4.78 is 0.833. The Morgan fingerprint density at radius 1 is 1.22 bits per heavy atom. The molecule has 0 saturated heterocycles. The van der Waals surface area contributed by atoms with Crippen molar-refractivity contribution < 1.29 is 4.79 Å². The Hall–Kier alpha value is -1.63. The molecule has 0 bridgehead atoms. The number of thiol groups is 1. The molecule has 0 aliphatic heterocycles. The van der Waals surface area contributed by atoms with Crippen molar-refractivity contribution in [2.75, 3.05) is 5.32 Å². The molecule has 3 rings (SSSR count). The maximum absolute atomic E-state index is 12.4. The van der Waals surface area contributed by atoms with E-state index in [0.717, 1.165) is 15.7 Å². The molecule has 2 aromatic carbocycles. The van der Waals surface area contributed by atoms with Crippen molar-refractivity contribution in [1.29, 1.82) is 0 Å². The third kappa shape index (κ3) is 3.83. The second-order valence-corrected chi connectivity index (χ2v) is 7.28. The standard InChI is InChI=1S/C17H13BrN2OS2/c1-10-2-4-11(5-3-10)14-9-23-17(19-14)20-16(21)13-8-12(18)6-7-15(13)22/h2-9,22H,1H3,(H,19,20,21). The number of benzene rings is 2. The van der Waals surface area contributed by atoms with Gasteiger partial charge in [-0.05, 0) is 25.1 Å². The Kier molecular flexibility index (Phi) is 4.84. The van der Waals surface area contributed by atoms with E-state index in [2.05, 4.69) is 38.9 Å². The van der Waals surface area contributed by atoms with Gasteiger partial charge in [-0.3, -0.25) is 10.1 Å². The highest BCUT2D eigenvalue weighted by Crippen LogP contribution is 2.26. The van der Waals surface area contributed by atoms with Gasteiger partial charge in [0.1, 0.15) is 0 Å². The minimum absolute atomic E-state index is 0.221. The van der Waals surface area contributed by atoms with E-state index >= 15 is 0 Å². The van der Waals surface area contributed by atoms with Crippen molar-refractivity contribution in [3.05, 3.63) is 63.4 Å². The zero-order chi connectivity index (χ0) is 16.4. The third-order valence-electron chi connectivity index (χ3n) is 3.28. The van der Waals surface area contributed by atoms with Gasteiger partial charge in [-0.15, -0.1) is 24.0 Å². The fourth-order valence-electron chi connectivity index (χ4n) is 2.04. The number of halogens is 1. The number of hydrogen-bond donors (Lipinski definition) is 2. The number of hydrogen-bond acceptors (Lipinski definition) is 4. The second-order valence-electron chi connectivity index (χ2n) is 5.02. The smallest absolute Gasteiger partial charge is 0.258 e. The van der Waals surface area contributed by atoms with E-state index < -0.39 is 0 Å². The normalized spacial score (nSPS) is 10.6. The van der Waals surface area contributed by atoms with Gasteiger partial charge in [-0.1, -0.05) is 45.8 Å². The lowest BCUT2D eigenvalue weighted by Crippen LogP contribution is -2.12. The first kappa shape index (κ1) is 16.2. The van der Waals surface area contributed by atoms with Crippen molar-refractivity contribution in [1.82, 2.24) is 4.98 Å². The first-order valence-electron chi connectivity index (χ1n) is 6.85. The molecule has 0 aliphatic carbocycles. The molecule has 0 spiro atoms. The Bertz CT molecular complexity index is 859. The molecule has 0 aliphatic rings. The summed E-state index contributed by atoms with van der Waals surface area (Å²) in [5, 5.41) is 5.33. The van der Waals surface area contributed by atoms with Gasteiger partial charge in [0.15, 0.2) is 5.13 Å². The molecule has 0 atom stereocenters. The summed E-state index contributed by atoms with van der Waals surface area (Å²) in [5.74, 6) is -0.221. The average Bonchev–Trinajstić information content (AvgIpc) is 2.99. The van der Waals surface area contributed by atoms with Crippen LogP contribution in [0.3, 0.4) is 0 Å². The number of nitrogens with one attached hydrogen (secondary N) is 1. The van der Waals surface area contributed by atoms with Crippen LogP contribution < -0.4 is 5.32 Å². The minimum atomic E-state index is -0.221. The van der Waals surface area contributed by atoms with E-state index in [4.69, 9.17) is 0 Å². The van der Waals surface area contributed by atoms with Crippen molar-refractivity contribution in [2.45, 2.75) is 11.8 Å². The zero-order valence-corrected chi connectivity index (χ0v) is 15.5. The van der Waals surface area contributed by atoms with Crippen LogP contribution in [0.2, 0.25) is 0 Å². The van der Waals surface area contributed by atoms with Crippen molar-refractivity contribution in [2.24, 2.45) is 0 Å². The zero-order valence-electron chi connectivity index (χ0n) is 12.2. The molecule has 0 fully saturated rings. The van der Waals surface area contributed by atoms with Crippen LogP contribution in [0.25, 0.3) is 11.3 Å². The lowest BCUT2D eigenvalue weighted by Gasteiger charge is -2.05. The molecule has 3 nitrogen and oxygen atoms in total. The van der Waals surface area contributed by atoms with E-state index in [1.54, 1.807) is 12.1 Å². The highest BCUT2D eigenvalue weighted by Gasteiger charge is 2.13. The van der Waals surface area contributed by atoms with Crippen LogP contribution in [0.5, 0.6) is 0 Å². The maximum Gasteiger partial charge on any atom is 0.258 e. The number of carbonyl (C=O) groups excluding carboxylic acids is 1. The first-order valence-corrected chi connectivity index (χ1v) is 8.97. The number of rotatable bonds is 3. The Balaban J connectivity index is 1.80. The summed E-state index contributed by atoms with van der Waals surface area (Å²) in [6, 6.07) is 13.5. The van der Waals surface area contributed by atoms with Gasteiger partial charge in [0, 0.05) is 20.3 Å². The predicted molar refractivity (Wildman–Crippen MR) is 102 cm³/mol. The number of nitrogens with zero attached hydrogens (tertiary/aromatic N) is 1. The number of amides is 1. The van der Waals surface area contributed by atoms with Crippen molar-refractivity contribution in [3.8, 4) is 11.3 Å². The molecule has 3 aromatic rings. The van der Waals surface area contributed by atoms with Crippen molar-refractivity contribution >= 4 is 50.9 Å². The predicted octanol–water partition coefficient (Wildman–Crippen LogP) is 5.42. The Morgan fingerprint density at radius 3 is 2.70 bits per heavy atom. The monoisotopic (exact) mass is 404 g/mol. The third-order valence-corrected chi connectivity index (χ3v) is 4.92. The summed E-state index contributed by atoms with van der Waals surface area (Å²) in [7, 11) is 0. The number of thiazole rings is 1. The molecular weight excluding hydrogens is 392 g/mol. The van der Waals surface area contributed by atoms with Crippen LogP contribution in [-0.2, 0) is 0 Å². The summed E-state index contributed by atoms with van der Waals surface area (Å²) in [6.07, 6.45) is 0. The second kappa shape index (κ2) is 6.86. The quantitative estimate of drug-likeness (QED) is 0.572. The van der Waals surface area contributed by atoms with Crippen molar-refractivity contribution in [3.63, 3.8) is 0 Å². The van der Waals surface area contributed by atoms with Gasteiger partial charge in [-0.2, -0.15) is 0 Å². The van der Waals surface area contributed by atoms with E-state index in [9.17, 15) is 4.79 Å². The fourth-order valence-corrected chi connectivity index (χ4v) is 3.36. The van der Waals surface area contributed by atoms with E-state index in [0.29, 0.717) is 15.6 Å². The van der Waals surface area contributed by atoms with Crippen LogP contribution in [0.15, 0.2) is 57.2 Å². The summed E-state index contributed by atoms with van der Waals surface area (Å²) >= 11 is 9.09. The molecule has 116 valence electrons. The highest BCUT2D eigenvalue weighted by atomic mass is 79.9. The first-order chi connectivity index (χ1) is 11.0. The molecule has 23 heavy (non-hydrogen) atoms. The molecule has 6 heteroatoms. The Labute approximate surface area is 152 Å². The number of carbonyl (C=O) groups is 1. The average molecular weight is 405 g/mol. The van der Waals surface area contributed by atoms with Gasteiger partial charge in [-0.25, -0.2) is 4.98 Å². The molecule has 0 saturated carbocycles. The maximum atomic E-state index is 12.4. The van der Waals surface area contributed by atoms with Crippen LogP contribution in [-0.4, -0.2) is 10.9 Å².